The van der Waals surface area contributed by atoms with E-state index in [0.29, 0.717) is 12.8 Å². The van der Waals surface area contributed by atoms with Gasteiger partial charge in [-0.1, -0.05) is 69.2 Å². The van der Waals surface area contributed by atoms with Crippen molar-refractivity contribution in [2.45, 2.75) is 103 Å². The Kier molecular flexibility index (Phi) is 9.97. The largest absolute Gasteiger partial charge is 0.491 e. The van der Waals surface area contributed by atoms with Crippen LogP contribution in [0.15, 0.2) is 42.5 Å². The molecule has 5 heteroatoms. The first-order chi connectivity index (χ1) is 17.6. The molecule has 202 valence electrons. The molecule has 1 saturated carbocycles. The summed E-state index contributed by atoms with van der Waals surface area (Å²) in [7, 11) is 0. The second kappa shape index (κ2) is 12.7. The van der Waals surface area contributed by atoms with E-state index in [4.69, 9.17) is 9.84 Å². The lowest BCUT2D eigenvalue weighted by Gasteiger charge is -2.34. The van der Waals surface area contributed by atoms with Gasteiger partial charge in [-0.3, -0.25) is 4.79 Å². The number of benzene rings is 2. The summed E-state index contributed by atoms with van der Waals surface area (Å²) < 4.78 is 5.88. The fourth-order valence-corrected chi connectivity index (χ4v) is 5.66. The molecule has 0 spiro atoms. The van der Waals surface area contributed by atoms with E-state index in [-0.39, 0.29) is 18.4 Å². The fourth-order valence-electron chi connectivity index (χ4n) is 5.66. The molecule has 0 saturated heterocycles. The van der Waals surface area contributed by atoms with Crippen LogP contribution in [-0.2, 0) is 10.2 Å². The summed E-state index contributed by atoms with van der Waals surface area (Å²) in [5, 5.41) is 29.6. The maximum absolute atomic E-state index is 10.7. The van der Waals surface area contributed by atoms with Gasteiger partial charge in [0, 0.05) is 11.8 Å². The van der Waals surface area contributed by atoms with Gasteiger partial charge in [-0.05, 0) is 86.3 Å². The summed E-state index contributed by atoms with van der Waals surface area (Å²) in [6.07, 6.45) is 10.1. The number of aliphatic hydroxyl groups excluding tert-OH is 1. The summed E-state index contributed by atoms with van der Waals surface area (Å²) in [6, 6.07) is 13.0. The van der Waals surface area contributed by atoms with E-state index in [2.05, 4.69) is 57.2 Å². The van der Waals surface area contributed by atoms with Gasteiger partial charge < -0.3 is 20.1 Å². The number of aryl methyl sites for hydroxylation is 2. The summed E-state index contributed by atoms with van der Waals surface area (Å²) in [4.78, 5) is 10.7. The number of carbonyl (C=O) groups is 1. The molecule has 37 heavy (non-hydrogen) atoms. The van der Waals surface area contributed by atoms with Gasteiger partial charge in [0.1, 0.15) is 12.4 Å². The number of aliphatic carboxylic acids is 1. The molecule has 0 radical (unpaired) electrons. The molecule has 0 aliphatic heterocycles. The first-order valence-corrected chi connectivity index (χ1v) is 13.8. The molecular weight excluding hydrogens is 464 g/mol. The maximum Gasteiger partial charge on any atom is 0.303 e. The molecule has 0 amide bonds. The van der Waals surface area contributed by atoms with E-state index in [1.165, 1.54) is 16.7 Å². The maximum atomic E-state index is 10.7. The van der Waals surface area contributed by atoms with Gasteiger partial charge >= 0.3 is 5.97 Å². The second-order valence-electron chi connectivity index (χ2n) is 10.7. The summed E-state index contributed by atoms with van der Waals surface area (Å²) >= 11 is 0. The normalized spacial score (nSPS) is 16.3. The van der Waals surface area contributed by atoms with Crippen LogP contribution in [0.4, 0.5) is 0 Å². The molecule has 2 aromatic rings. The fraction of sp³-hybridized carbons (Fsp3) is 0.531. The minimum absolute atomic E-state index is 0.0554. The predicted molar refractivity (Wildman–Crippen MR) is 149 cm³/mol. The molecule has 1 aliphatic rings. The van der Waals surface area contributed by atoms with Crippen LogP contribution >= 0.6 is 0 Å². The van der Waals surface area contributed by atoms with Crippen molar-refractivity contribution in [3.05, 3.63) is 70.3 Å². The Morgan fingerprint density at radius 2 is 1.68 bits per heavy atom. The van der Waals surface area contributed by atoms with Crippen molar-refractivity contribution in [2.24, 2.45) is 0 Å². The number of aliphatic hydroxyl groups is 2. The minimum atomic E-state index is -0.848. The van der Waals surface area contributed by atoms with Crippen LogP contribution < -0.4 is 4.74 Å². The van der Waals surface area contributed by atoms with Crippen molar-refractivity contribution in [1.29, 1.82) is 0 Å². The van der Waals surface area contributed by atoms with E-state index in [1.807, 2.05) is 19.1 Å². The van der Waals surface area contributed by atoms with Crippen molar-refractivity contribution < 1.29 is 24.9 Å². The van der Waals surface area contributed by atoms with Crippen LogP contribution in [0.2, 0.25) is 0 Å². The Morgan fingerprint density at radius 1 is 1.05 bits per heavy atom. The van der Waals surface area contributed by atoms with Gasteiger partial charge in [0.2, 0.25) is 0 Å². The zero-order valence-electron chi connectivity index (χ0n) is 22.9. The lowest BCUT2D eigenvalue weighted by Crippen LogP contribution is -2.26. The third-order valence-corrected chi connectivity index (χ3v) is 8.16. The molecule has 0 unspecified atom stereocenters. The summed E-state index contributed by atoms with van der Waals surface area (Å²) in [5.41, 5.74) is 5.11. The Balaban J connectivity index is 1.77. The Bertz CT molecular complexity index is 1080. The van der Waals surface area contributed by atoms with Gasteiger partial charge in [-0.15, -0.1) is 0 Å². The van der Waals surface area contributed by atoms with Crippen LogP contribution in [0.25, 0.3) is 6.08 Å². The highest BCUT2D eigenvalue weighted by molar-refractivity contribution is 5.66. The zero-order valence-corrected chi connectivity index (χ0v) is 22.9. The average molecular weight is 509 g/mol. The minimum Gasteiger partial charge on any atom is -0.491 e. The summed E-state index contributed by atoms with van der Waals surface area (Å²) in [6.45, 7) is 8.78. The Labute approximate surface area is 222 Å². The van der Waals surface area contributed by atoms with Gasteiger partial charge in [-0.25, -0.2) is 0 Å². The molecule has 1 fully saturated rings. The lowest BCUT2D eigenvalue weighted by molar-refractivity contribution is -0.137. The molecule has 2 aromatic carbocycles. The number of rotatable bonds is 13. The highest BCUT2D eigenvalue weighted by Gasteiger charge is 2.32. The summed E-state index contributed by atoms with van der Waals surface area (Å²) in [5.74, 6) is -0.109. The van der Waals surface area contributed by atoms with Crippen LogP contribution in [-0.4, -0.2) is 39.6 Å². The van der Waals surface area contributed by atoms with Crippen molar-refractivity contribution >= 4 is 12.0 Å². The molecular formula is C32H44O5. The monoisotopic (exact) mass is 508 g/mol. The average Bonchev–Trinajstić information content (AvgIpc) is 3.30. The third kappa shape index (κ3) is 7.24. The highest BCUT2D eigenvalue weighted by atomic mass is 16.5. The van der Waals surface area contributed by atoms with E-state index in [0.717, 1.165) is 55.4 Å². The SMILES string of the molecule is CCC(CC)(c1ccc(C=CC2(O)CCCC2)c(C)c1)c1ccc(OC[C@H](O)CCCC(=O)O)c(C)c1. The Hall–Kier alpha value is -2.63. The number of ether oxygens (including phenoxy) is 1. The van der Waals surface area contributed by atoms with Crippen molar-refractivity contribution in [2.75, 3.05) is 6.61 Å². The van der Waals surface area contributed by atoms with E-state index in [1.54, 1.807) is 0 Å². The molecule has 0 heterocycles. The molecule has 1 atom stereocenters. The van der Waals surface area contributed by atoms with Gasteiger partial charge in [0.25, 0.3) is 0 Å². The topological polar surface area (TPSA) is 87.0 Å². The molecule has 3 rings (SSSR count). The van der Waals surface area contributed by atoms with Gasteiger partial charge in [0.15, 0.2) is 0 Å². The Morgan fingerprint density at radius 3 is 2.24 bits per heavy atom. The van der Waals surface area contributed by atoms with Crippen LogP contribution in [0, 0.1) is 13.8 Å². The number of carboxylic acid groups (broad SMARTS) is 1. The van der Waals surface area contributed by atoms with Crippen molar-refractivity contribution in [3.8, 4) is 5.75 Å². The molecule has 0 aromatic heterocycles. The molecule has 3 N–H and O–H groups in total. The molecule has 0 bridgehead atoms. The number of hydrogen-bond acceptors (Lipinski definition) is 4. The third-order valence-electron chi connectivity index (χ3n) is 8.16. The second-order valence-corrected chi connectivity index (χ2v) is 10.7. The quantitative estimate of drug-likeness (QED) is 0.279. The molecule has 5 nitrogen and oxygen atoms in total. The smallest absolute Gasteiger partial charge is 0.303 e. The molecule has 1 aliphatic carbocycles. The lowest BCUT2D eigenvalue weighted by atomic mass is 9.70. The van der Waals surface area contributed by atoms with E-state index >= 15 is 0 Å². The standard InChI is InChI=1S/C32H44O5/c1-5-32(6-2,26-13-12-25(23(3)20-26)16-19-31(36)17-7-8-18-31)27-14-15-29(24(4)21-27)37-22-28(33)10-9-11-30(34)35/h12-16,19-21,28,33,36H,5-11,17-18,22H2,1-4H3,(H,34,35)/t28-/m1/s1. The highest BCUT2D eigenvalue weighted by Crippen LogP contribution is 2.41. The zero-order chi connectivity index (χ0) is 27.1. The predicted octanol–water partition coefficient (Wildman–Crippen LogP) is 6.72. The van der Waals surface area contributed by atoms with E-state index in [9.17, 15) is 15.0 Å². The van der Waals surface area contributed by atoms with Crippen molar-refractivity contribution in [3.63, 3.8) is 0 Å². The first-order valence-electron chi connectivity index (χ1n) is 13.8. The van der Waals surface area contributed by atoms with Gasteiger partial charge in [0.05, 0.1) is 11.7 Å². The van der Waals surface area contributed by atoms with Crippen LogP contribution in [0.3, 0.4) is 0 Å². The van der Waals surface area contributed by atoms with Crippen LogP contribution in [0.5, 0.6) is 5.75 Å². The van der Waals surface area contributed by atoms with Gasteiger partial charge in [-0.2, -0.15) is 0 Å². The first kappa shape index (κ1) is 28.9. The van der Waals surface area contributed by atoms with Crippen molar-refractivity contribution in [1.82, 2.24) is 0 Å². The van der Waals surface area contributed by atoms with Crippen LogP contribution in [0.1, 0.15) is 99.5 Å². The number of hydrogen-bond donors (Lipinski definition) is 3. The number of carboxylic acids is 1. The van der Waals surface area contributed by atoms with E-state index < -0.39 is 17.7 Å².